The molecule has 0 spiro atoms. The van der Waals surface area contributed by atoms with Crippen molar-refractivity contribution in [2.45, 2.75) is 57.4 Å². The summed E-state index contributed by atoms with van der Waals surface area (Å²) >= 11 is 0. The Labute approximate surface area is 114 Å². The molecule has 3 N–H and O–H groups in total. The third-order valence-electron chi connectivity index (χ3n) is 4.49. The summed E-state index contributed by atoms with van der Waals surface area (Å²) in [4.78, 5) is 23.5. The molecule has 2 fully saturated rings. The highest BCUT2D eigenvalue weighted by molar-refractivity contribution is 5.83. The summed E-state index contributed by atoms with van der Waals surface area (Å²) in [7, 11) is 0. The molecule has 1 saturated heterocycles. The Balaban J connectivity index is 1.86. The molecule has 0 bridgehead atoms. The minimum atomic E-state index is -0.765. The predicted molar refractivity (Wildman–Crippen MR) is 71.8 cm³/mol. The van der Waals surface area contributed by atoms with Crippen molar-refractivity contribution in [2.75, 3.05) is 13.1 Å². The van der Waals surface area contributed by atoms with E-state index in [1.165, 1.54) is 0 Å². The zero-order chi connectivity index (χ0) is 13.7. The fourth-order valence-corrected chi connectivity index (χ4v) is 3.15. The Hall–Kier alpha value is -1.10. The second-order valence-electron chi connectivity index (χ2n) is 5.87. The molecule has 5 heteroatoms. The van der Waals surface area contributed by atoms with Crippen molar-refractivity contribution in [3.63, 3.8) is 0 Å². The Kier molecular flexibility index (Phi) is 4.80. The van der Waals surface area contributed by atoms with Gasteiger partial charge in [-0.1, -0.05) is 25.7 Å². The SMILES string of the molecule is O=C(NCC1(C(=O)O)CCCC1)C1CCCCCN1. The van der Waals surface area contributed by atoms with Crippen LogP contribution in [0.1, 0.15) is 51.4 Å². The van der Waals surface area contributed by atoms with Gasteiger partial charge in [0.1, 0.15) is 0 Å². The highest BCUT2D eigenvalue weighted by atomic mass is 16.4. The summed E-state index contributed by atoms with van der Waals surface area (Å²) in [5.74, 6) is -0.798. The molecule has 1 unspecified atom stereocenters. The number of aliphatic carboxylic acids is 1. The first-order valence-corrected chi connectivity index (χ1v) is 7.39. The van der Waals surface area contributed by atoms with Gasteiger partial charge in [-0.15, -0.1) is 0 Å². The van der Waals surface area contributed by atoms with Crippen molar-refractivity contribution in [3.05, 3.63) is 0 Å². The van der Waals surface area contributed by atoms with Gasteiger partial charge in [0.15, 0.2) is 0 Å². The molecule has 108 valence electrons. The summed E-state index contributed by atoms with van der Waals surface area (Å²) in [6.45, 7) is 1.15. The normalized spacial score (nSPS) is 26.6. The second-order valence-corrected chi connectivity index (χ2v) is 5.87. The van der Waals surface area contributed by atoms with Crippen molar-refractivity contribution < 1.29 is 14.7 Å². The van der Waals surface area contributed by atoms with E-state index in [0.29, 0.717) is 12.8 Å². The smallest absolute Gasteiger partial charge is 0.311 e. The maximum atomic E-state index is 12.1. The van der Waals surface area contributed by atoms with E-state index in [0.717, 1.165) is 45.1 Å². The van der Waals surface area contributed by atoms with Crippen LogP contribution in [-0.2, 0) is 9.59 Å². The molecule has 2 aliphatic rings. The van der Waals surface area contributed by atoms with E-state index in [-0.39, 0.29) is 18.5 Å². The Bertz CT molecular complexity index is 330. The quantitative estimate of drug-likeness (QED) is 0.717. The second kappa shape index (κ2) is 6.37. The van der Waals surface area contributed by atoms with Crippen LogP contribution in [0, 0.1) is 5.41 Å². The van der Waals surface area contributed by atoms with Gasteiger partial charge < -0.3 is 15.7 Å². The standard InChI is InChI=1S/C14H24N2O3/c17-12(11-6-2-1-5-9-15-11)16-10-14(13(18)19)7-3-4-8-14/h11,15H,1-10H2,(H,16,17)(H,18,19). The van der Waals surface area contributed by atoms with Gasteiger partial charge in [-0.25, -0.2) is 0 Å². The molecule has 1 atom stereocenters. The summed E-state index contributed by atoms with van der Waals surface area (Å²) in [6, 6.07) is -0.144. The van der Waals surface area contributed by atoms with Crippen molar-refractivity contribution in [1.29, 1.82) is 0 Å². The van der Waals surface area contributed by atoms with Crippen LogP contribution < -0.4 is 10.6 Å². The number of hydrogen-bond acceptors (Lipinski definition) is 3. The molecule has 0 aromatic heterocycles. The van der Waals surface area contributed by atoms with Crippen LogP contribution in [0.15, 0.2) is 0 Å². The lowest BCUT2D eigenvalue weighted by Gasteiger charge is -2.25. The van der Waals surface area contributed by atoms with E-state index >= 15 is 0 Å². The lowest BCUT2D eigenvalue weighted by molar-refractivity contribution is -0.148. The molecular formula is C14H24N2O3. The number of carbonyl (C=O) groups is 2. The van der Waals surface area contributed by atoms with Gasteiger partial charge in [0, 0.05) is 6.54 Å². The molecule has 1 amide bonds. The van der Waals surface area contributed by atoms with Gasteiger partial charge in [0.2, 0.25) is 5.91 Å². The molecule has 1 aliphatic carbocycles. The van der Waals surface area contributed by atoms with Gasteiger partial charge in [0.05, 0.1) is 11.5 Å². The first-order chi connectivity index (χ1) is 9.14. The lowest BCUT2D eigenvalue weighted by atomic mass is 9.86. The number of carbonyl (C=O) groups excluding carboxylic acids is 1. The fraction of sp³-hybridized carbons (Fsp3) is 0.857. The van der Waals surface area contributed by atoms with Crippen LogP contribution in [0.2, 0.25) is 0 Å². The Morgan fingerprint density at radius 3 is 2.58 bits per heavy atom. The molecule has 5 nitrogen and oxygen atoms in total. The fourth-order valence-electron chi connectivity index (χ4n) is 3.15. The molecule has 2 rings (SSSR count). The number of hydrogen-bond donors (Lipinski definition) is 3. The highest BCUT2D eigenvalue weighted by Gasteiger charge is 2.41. The van der Waals surface area contributed by atoms with E-state index in [2.05, 4.69) is 10.6 Å². The van der Waals surface area contributed by atoms with Crippen LogP contribution in [-0.4, -0.2) is 36.1 Å². The minimum Gasteiger partial charge on any atom is -0.481 e. The van der Waals surface area contributed by atoms with Gasteiger partial charge in [-0.05, 0) is 32.2 Å². The largest absolute Gasteiger partial charge is 0.481 e. The van der Waals surface area contributed by atoms with Crippen LogP contribution >= 0.6 is 0 Å². The average Bonchev–Trinajstić information content (AvgIpc) is 2.72. The summed E-state index contributed by atoms with van der Waals surface area (Å²) < 4.78 is 0. The maximum absolute atomic E-state index is 12.1. The monoisotopic (exact) mass is 268 g/mol. The predicted octanol–water partition coefficient (Wildman–Crippen LogP) is 1.28. The van der Waals surface area contributed by atoms with E-state index in [9.17, 15) is 14.7 Å². The van der Waals surface area contributed by atoms with Gasteiger partial charge in [0.25, 0.3) is 0 Å². The molecule has 19 heavy (non-hydrogen) atoms. The van der Waals surface area contributed by atoms with E-state index in [1.807, 2.05) is 0 Å². The molecule has 1 aliphatic heterocycles. The maximum Gasteiger partial charge on any atom is 0.311 e. The number of carboxylic acids is 1. The summed E-state index contributed by atoms with van der Waals surface area (Å²) in [5.41, 5.74) is -0.722. The minimum absolute atomic E-state index is 0.0329. The van der Waals surface area contributed by atoms with Gasteiger partial charge in [-0.2, -0.15) is 0 Å². The molecule has 1 heterocycles. The zero-order valence-corrected chi connectivity index (χ0v) is 11.4. The first-order valence-electron chi connectivity index (χ1n) is 7.39. The van der Waals surface area contributed by atoms with Crippen molar-refractivity contribution in [3.8, 4) is 0 Å². The number of nitrogens with one attached hydrogen (secondary N) is 2. The van der Waals surface area contributed by atoms with E-state index < -0.39 is 11.4 Å². The topological polar surface area (TPSA) is 78.4 Å². The molecular weight excluding hydrogens is 244 g/mol. The molecule has 0 aromatic carbocycles. The van der Waals surface area contributed by atoms with Crippen LogP contribution in [0.25, 0.3) is 0 Å². The number of amides is 1. The average molecular weight is 268 g/mol. The van der Waals surface area contributed by atoms with Crippen molar-refractivity contribution in [2.24, 2.45) is 5.41 Å². The zero-order valence-electron chi connectivity index (χ0n) is 11.4. The van der Waals surface area contributed by atoms with E-state index in [1.54, 1.807) is 0 Å². The van der Waals surface area contributed by atoms with Crippen molar-refractivity contribution >= 4 is 11.9 Å². The van der Waals surface area contributed by atoms with E-state index in [4.69, 9.17) is 0 Å². The number of carboxylic acid groups (broad SMARTS) is 1. The van der Waals surface area contributed by atoms with Crippen LogP contribution in [0.4, 0.5) is 0 Å². The Morgan fingerprint density at radius 2 is 1.89 bits per heavy atom. The summed E-state index contributed by atoms with van der Waals surface area (Å²) in [6.07, 6.45) is 7.45. The molecule has 0 radical (unpaired) electrons. The highest BCUT2D eigenvalue weighted by Crippen LogP contribution is 2.37. The third-order valence-corrected chi connectivity index (χ3v) is 4.49. The van der Waals surface area contributed by atoms with Gasteiger partial charge in [-0.3, -0.25) is 9.59 Å². The Morgan fingerprint density at radius 1 is 1.16 bits per heavy atom. The summed E-state index contributed by atoms with van der Waals surface area (Å²) in [5, 5.41) is 15.5. The first kappa shape index (κ1) is 14.3. The number of rotatable bonds is 4. The lowest BCUT2D eigenvalue weighted by Crippen LogP contribution is -2.48. The third kappa shape index (κ3) is 3.47. The molecule has 0 aromatic rings. The van der Waals surface area contributed by atoms with Crippen LogP contribution in [0.3, 0.4) is 0 Å². The molecule has 1 saturated carbocycles. The van der Waals surface area contributed by atoms with Crippen LogP contribution in [0.5, 0.6) is 0 Å². The van der Waals surface area contributed by atoms with Gasteiger partial charge >= 0.3 is 5.97 Å². The van der Waals surface area contributed by atoms with Crippen molar-refractivity contribution in [1.82, 2.24) is 10.6 Å².